The lowest BCUT2D eigenvalue weighted by molar-refractivity contribution is -0.191. The largest absolute Gasteiger partial charge is 0.483 e. The third-order valence-electron chi connectivity index (χ3n) is 9.03. The van der Waals surface area contributed by atoms with Crippen LogP contribution in [0.2, 0.25) is 0 Å². The quantitative estimate of drug-likeness (QED) is 0.485. The van der Waals surface area contributed by atoms with Crippen LogP contribution >= 0.6 is 0 Å². The molecule has 8 nitrogen and oxygen atoms in total. The van der Waals surface area contributed by atoms with Crippen molar-refractivity contribution >= 4 is 16.0 Å². The molecule has 9 heteroatoms. The van der Waals surface area contributed by atoms with Gasteiger partial charge in [0, 0.05) is 25.6 Å². The van der Waals surface area contributed by atoms with Gasteiger partial charge in [0.05, 0.1) is 22.8 Å². The average Bonchev–Trinajstić information content (AvgIpc) is 3.18. The molecule has 2 fully saturated rings. The maximum atomic E-state index is 13.6. The van der Waals surface area contributed by atoms with Crippen molar-refractivity contribution in [2.45, 2.75) is 67.6 Å². The first-order valence-corrected chi connectivity index (χ1v) is 14.1. The van der Waals surface area contributed by atoms with Gasteiger partial charge in [0.15, 0.2) is 11.5 Å². The molecule has 2 aliphatic heterocycles. The molecule has 2 heterocycles. The van der Waals surface area contributed by atoms with E-state index in [2.05, 4.69) is 4.90 Å². The summed E-state index contributed by atoms with van der Waals surface area (Å²) in [6, 6.07) is 12.3. The van der Waals surface area contributed by atoms with E-state index in [0.29, 0.717) is 37.2 Å². The van der Waals surface area contributed by atoms with Crippen LogP contribution in [0.4, 0.5) is 0 Å². The van der Waals surface area contributed by atoms with E-state index < -0.39 is 39.2 Å². The van der Waals surface area contributed by atoms with Crippen molar-refractivity contribution in [1.29, 1.82) is 0 Å². The van der Waals surface area contributed by atoms with E-state index in [1.807, 2.05) is 43.4 Å². The summed E-state index contributed by atoms with van der Waals surface area (Å²) in [7, 11) is 0.00529. The van der Waals surface area contributed by atoms with E-state index in [1.165, 1.54) is 11.2 Å². The molecule has 0 amide bonds. The Balaban J connectivity index is 1.46. The minimum Gasteiger partial charge on any atom is -0.483 e. The molecule has 5 atom stereocenters. The Labute approximate surface area is 211 Å². The summed E-state index contributed by atoms with van der Waals surface area (Å²) in [5, 5.41) is 12.4. The van der Waals surface area contributed by atoms with Crippen molar-refractivity contribution in [1.82, 2.24) is 9.21 Å². The number of sulfonamides is 1. The second-order valence-electron chi connectivity index (χ2n) is 10.8. The highest BCUT2D eigenvalue weighted by molar-refractivity contribution is 7.88. The summed E-state index contributed by atoms with van der Waals surface area (Å²) in [6.45, 7) is 2.11. The van der Waals surface area contributed by atoms with Gasteiger partial charge in [-0.15, -0.1) is 0 Å². The number of hydrogen-bond acceptors (Lipinski definition) is 7. The van der Waals surface area contributed by atoms with E-state index >= 15 is 0 Å². The third kappa shape index (κ3) is 3.16. The summed E-state index contributed by atoms with van der Waals surface area (Å²) >= 11 is 0. The molecule has 4 aliphatic rings. The van der Waals surface area contributed by atoms with E-state index in [9.17, 15) is 18.3 Å². The number of nitrogens with zero attached hydrogens (tertiary/aromatic N) is 2. The number of carbonyl (C=O) groups excluding carboxylic acids is 1. The molecular formula is C27H32N2O6S. The van der Waals surface area contributed by atoms with Crippen molar-refractivity contribution < 1.29 is 27.8 Å². The summed E-state index contributed by atoms with van der Waals surface area (Å²) in [5.74, 6) is 0.259. The van der Waals surface area contributed by atoms with Gasteiger partial charge in [0.1, 0.15) is 6.10 Å². The molecule has 0 aromatic heterocycles. The zero-order valence-electron chi connectivity index (χ0n) is 20.8. The smallest absolute Gasteiger partial charge is 0.308 e. The summed E-state index contributed by atoms with van der Waals surface area (Å²) < 4.78 is 40.7. The predicted molar refractivity (Wildman–Crippen MR) is 133 cm³/mol. The molecule has 6 rings (SSSR count). The lowest BCUT2D eigenvalue weighted by Crippen LogP contribution is -2.77. The molecule has 1 spiro atoms. The minimum atomic E-state index is -3.66. The van der Waals surface area contributed by atoms with Gasteiger partial charge in [-0.2, -0.15) is 4.31 Å². The molecule has 36 heavy (non-hydrogen) atoms. The van der Waals surface area contributed by atoms with Gasteiger partial charge in [-0.1, -0.05) is 36.4 Å². The third-order valence-corrected chi connectivity index (χ3v) is 10.9. The number of aliphatic hydroxyl groups is 1. The van der Waals surface area contributed by atoms with E-state index in [-0.39, 0.29) is 11.8 Å². The van der Waals surface area contributed by atoms with Crippen LogP contribution in [0.25, 0.3) is 0 Å². The number of piperidine rings is 1. The molecule has 0 radical (unpaired) electrons. The van der Waals surface area contributed by atoms with Gasteiger partial charge in [0.2, 0.25) is 10.0 Å². The van der Waals surface area contributed by atoms with Crippen molar-refractivity contribution in [3.63, 3.8) is 0 Å². The summed E-state index contributed by atoms with van der Waals surface area (Å²) in [5.41, 5.74) is 0.847. The fraction of sp³-hybridized carbons (Fsp3) is 0.519. The normalized spacial score (nSPS) is 32.6. The first kappa shape index (κ1) is 23.9. The minimum absolute atomic E-state index is 0.0949. The fourth-order valence-corrected chi connectivity index (χ4v) is 8.86. The standard InChI is InChI=1S/C27H32N2O6S/c1-17(30)34-21-10-9-19-15-22-27(31)12-11-20(29(3)36(32,33)16-18-7-5-4-6-8-18)25-26(27,13-14-28(22)2)23(19)24(21)35-25/h4-10,20,22,25,31H,11-16H2,1-3H3/t20-,22+,25-,26-,27+/m0/s1. The van der Waals surface area contributed by atoms with Gasteiger partial charge in [-0.25, -0.2) is 8.42 Å². The number of hydrogen-bond donors (Lipinski definition) is 1. The number of likely N-dealkylation sites (N-methyl/N-ethyl adjacent to an activating group) is 2. The average molecular weight is 513 g/mol. The topological polar surface area (TPSA) is 96.4 Å². The summed E-state index contributed by atoms with van der Waals surface area (Å²) in [4.78, 5) is 14.1. The van der Waals surface area contributed by atoms with Crippen LogP contribution < -0.4 is 9.47 Å². The molecule has 1 saturated carbocycles. The zero-order chi connectivity index (χ0) is 25.5. The first-order chi connectivity index (χ1) is 17.1. The van der Waals surface area contributed by atoms with Gasteiger partial charge in [-0.3, -0.25) is 4.79 Å². The van der Waals surface area contributed by atoms with E-state index in [1.54, 1.807) is 13.1 Å². The maximum absolute atomic E-state index is 13.6. The Morgan fingerprint density at radius 2 is 1.97 bits per heavy atom. The van der Waals surface area contributed by atoms with Crippen molar-refractivity contribution in [2.75, 3.05) is 20.6 Å². The lowest BCUT2D eigenvalue weighted by Gasteiger charge is -2.64. The fourth-order valence-electron chi connectivity index (χ4n) is 7.42. The second kappa shape index (κ2) is 8.02. The molecule has 192 valence electrons. The molecule has 0 unspecified atom stereocenters. The van der Waals surface area contributed by atoms with Crippen LogP contribution in [0.1, 0.15) is 42.9 Å². The first-order valence-electron chi connectivity index (χ1n) is 12.5. The number of benzene rings is 2. The molecule has 2 aliphatic carbocycles. The van der Waals surface area contributed by atoms with Gasteiger partial charge in [-0.05, 0) is 56.5 Å². The number of ether oxygens (including phenoxy) is 2. The monoisotopic (exact) mass is 512 g/mol. The van der Waals surface area contributed by atoms with E-state index in [4.69, 9.17) is 9.47 Å². The highest BCUT2D eigenvalue weighted by atomic mass is 32.2. The molecule has 1 saturated heterocycles. The number of carbonyl (C=O) groups is 1. The Bertz CT molecular complexity index is 1330. The SMILES string of the molecule is CC(=O)Oc1ccc2c3c1O[C@H]1[C@@H](N(C)S(=O)(=O)Cc4ccccc4)CC[C@@]4(O)[C@@H](C2)N(C)CC[C@]314. The van der Waals surface area contributed by atoms with Crippen molar-refractivity contribution in [2.24, 2.45) is 0 Å². The Morgan fingerprint density at radius 1 is 1.22 bits per heavy atom. The van der Waals surface area contributed by atoms with Crippen LogP contribution in [0.5, 0.6) is 11.5 Å². The Morgan fingerprint density at radius 3 is 2.69 bits per heavy atom. The molecule has 2 bridgehead atoms. The highest BCUT2D eigenvalue weighted by Gasteiger charge is 2.73. The van der Waals surface area contributed by atoms with Gasteiger partial charge < -0.3 is 19.5 Å². The molecule has 2 aromatic rings. The molecule has 2 aromatic carbocycles. The number of esters is 1. The van der Waals surface area contributed by atoms with Gasteiger partial charge >= 0.3 is 5.97 Å². The van der Waals surface area contributed by atoms with Crippen molar-refractivity contribution in [3.05, 3.63) is 59.2 Å². The van der Waals surface area contributed by atoms with Gasteiger partial charge in [0.25, 0.3) is 0 Å². The van der Waals surface area contributed by atoms with Crippen LogP contribution in [0.3, 0.4) is 0 Å². The van der Waals surface area contributed by atoms with Crippen LogP contribution in [0, 0.1) is 0 Å². The van der Waals surface area contributed by atoms with Crippen LogP contribution in [-0.2, 0) is 32.4 Å². The maximum Gasteiger partial charge on any atom is 0.308 e. The second-order valence-corrected chi connectivity index (χ2v) is 12.8. The highest BCUT2D eigenvalue weighted by Crippen LogP contribution is 2.65. The zero-order valence-corrected chi connectivity index (χ0v) is 21.6. The summed E-state index contributed by atoms with van der Waals surface area (Å²) in [6.07, 6.45) is 1.65. The molecular weight excluding hydrogens is 480 g/mol. The molecule has 1 N–H and O–H groups in total. The van der Waals surface area contributed by atoms with E-state index in [0.717, 1.165) is 23.2 Å². The van der Waals surface area contributed by atoms with Crippen LogP contribution in [0.15, 0.2) is 42.5 Å². The lowest BCUT2D eigenvalue weighted by atomic mass is 9.48. The van der Waals surface area contributed by atoms with Crippen LogP contribution in [-0.4, -0.2) is 73.1 Å². The predicted octanol–water partition coefficient (Wildman–Crippen LogP) is 2.23. The van der Waals surface area contributed by atoms with Crippen molar-refractivity contribution in [3.8, 4) is 11.5 Å². The Kier molecular flexibility index (Phi) is 5.32. The Hall–Kier alpha value is -2.46. The number of likely N-dealkylation sites (tertiary alicyclic amines) is 1. The number of rotatable bonds is 5.